The van der Waals surface area contributed by atoms with E-state index in [0.29, 0.717) is 12.1 Å². The summed E-state index contributed by atoms with van der Waals surface area (Å²) < 4.78 is 18.5. The molecule has 132 valence electrons. The van der Waals surface area contributed by atoms with E-state index in [2.05, 4.69) is 10.6 Å². The van der Waals surface area contributed by atoms with Gasteiger partial charge in [0.05, 0.1) is 18.1 Å². The number of hydrogen-bond donors (Lipinski definition) is 2. The van der Waals surface area contributed by atoms with Crippen molar-refractivity contribution in [1.82, 2.24) is 5.32 Å². The number of halogens is 1. The van der Waals surface area contributed by atoms with Crippen LogP contribution in [0.4, 0.5) is 15.8 Å². The minimum Gasteiger partial charge on any atom is -0.494 e. The summed E-state index contributed by atoms with van der Waals surface area (Å²) >= 11 is 0. The first-order chi connectivity index (χ1) is 12.0. The van der Waals surface area contributed by atoms with Gasteiger partial charge in [0.1, 0.15) is 5.69 Å². The Morgan fingerprint density at radius 1 is 1.32 bits per heavy atom. The number of anilines is 1. The van der Waals surface area contributed by atoms with Crippen molar-refractivity contribution in [3.05, 3.63) is 63.5 Å². The second-order valence-electron chi connectivity index (χ2n) is 5.17. The Morgan fingerprint density at radius 3 is 2.72 bits per heavy atom. The lowest BCUT2D eigenvalue weighted by Gasteiger charge is -2.11. The number of hydrogen-bond acceptors (Lipinski definition) is 5. The van der Waals surface area contributed by atoms with Gasteiger partial charge in [-0.25, -0.2) is 4.39 Å². The summed E-state index contributed by atoms with van der Waals surface area (Å²) in [6.45, 7) is 2.57. The average molecular weight is 347 g/mol. The van der Waals surface area contributed by atoms with Crippen LogP contribution >= 0.6 is 0 Å². The zero-order chi connectivity index (χ0) is 18.4. The van der Waals surface area contributed by atoms with Crippen molar-refractivity contribution in [2.24, 2.45) is 0 Å². The molecular weight excluding hydrogens is 329 g/mol. The van der Waals surface area contributed by atoms with Crippen LogP contribution in [0.15, 0.2) is 36.4 Å². The van der Waals surface area contributed by atoms with E-state index in [1.807, 2.05) is 6.92 Å². The Balaban J connectivity index is 2.22. The van der Waals surface area contributed by atoms with Gasteiger partial charge in [0, 0.05) is 24.7 Å². The maximum absolute atomic E-state index is 13.7. The summed E-state index contributed by atoms with van der Waals surface area (Å²) in [5.41, 5.74) is 0.985. The zero-order valence-electron chi connectivity index (χ0n) is 13.8. The molecule has 1 amide bonds. The second kappa shape index (κ2) is 8.09. The number of methoxy groups -OCH3 is 1. The molecule has 25 heavy (non-hydrogen) atoms. The molecular formula is C17H18FN3O4. The van der Waals surface area contributed by atoms with E-state index in [1.54, 1.807) is 24.3 Å². The summed E-state index contributed by atoms with van der Waals surface area (Å²) in [4.78, 5) is 22.3. The predicted molar refractivity (Wildman–Crippen MR) is 91.4 cm³/mol. The van der Waals surface area contributed by atoms with Gasteiger partial charge in [-0.1, -0.05) is 12.1 Å². The first kappa shape index (κ1) is 18.2. The van der Waals surface area contributed by atoms with E-state index in [9.17, 15) is 19.3 Å². The molecule has 0 aromatic heterocycles. The van der Waals surface area contributed by atoms with Gasteiger partial charge in [0.2, 0.25) is 0 Å². The van der Waals surface area contributed by atoms with Gasteiger partial charge in [-0.15, -0.1) is 0 Å². The normalized spacial score (nSPS) is 10.2. The third-order valence-corrected chi connectivity index (χ3v) is 3.48. The number of nitrogens with zero attached hydrogens (tertiary/aromatic N) is 1. The van der Waals surface area contributed by atoms with Crippen molar-refractivity contribution in [2.75, 3.05) is 19.0 Å². The van der Waals surface area contributed by atoms with Crippen LogP contribution in [0.3, 0.4) is 0 Å². The number of amides is 1. The molecule has 0 saturated carbocycles. The van der Waals surface area contributed by atoms with Crippen molar-refractivity contribution in [3.8, 4) is 5.75 Å². The van der Waals surface area contributed by atoms with Crippen LogP contribution in [0.25, 0.3) is 0 Å². The highest BCUT2D eigenvalue weighted by atomic mass is 19.1. The molecule has 2 N–H and O–H groups in total. The summed E-state index contributed by atoms with van der Waals surface area (Å²) in [7, 11) is 1.28. The molecule has 8 heteroatoms. The lowest BCUT2D eigenvalue weighted by Crippen LogP contribution is -2.22. The van der Waals surface area contributed by atoms with Crippen LogP contribution in [0.5, 0.6) is 5.75 Å². The lowest BCUT2D eigenvalue weighted by molar-refractivity contribution is -0.384. The van der Waals surface area contributed by atoms with Crippen LogP contribution in [0.1, 0.15) is 22.8 Å². The second-order valence-corrected chi connectivity index (χ2v) is 5.17. The number of nitro groups is 1. The van der Waals surface area contributed by atoms with E-state index in [-0.39, 0.29) is 23.9 Å². The van der Waals surface area contributed by atoms with Gasteiger partial charge in [0.25, 0.3) is 11.6 Å². The zero-order valence-corrected chi connectivity index (χ0v) is 13.8. The summed E-state index contributed by atoms with van der Waals surface area (Å²) in [5.74, 6) is -1.10. The van der Waals surface area contributed by atoms with Crippen molar-refractivity contribution < 1.29 is 18.8 Å². The minimum atomic E-state index is -0.807. The van der Waals surface area contributed by atoms with Gasteiger partial charge in [0.15, 0.2) is 11.6 Å². The topological polar surface area (TPSA) is 93.5 Å². The quantitative estimate of drug-likeness (QED) is 0.593. The van der Waals surface area contributed by atoms with E-state index < -0.39 is 16.4 Å². The molecule has 0 aliphatic heterocycles. The number of carbonyl (C=O) groups excluding carboxylic acids is 1. The number of ether oxygens (including phenoxy) is 1. The molecule has 2 aromatic rings. The highest BCUT2D eigenvalue weighted by Gasteiger charge is 2.19. The van der Waals surface area contributed by atoms with Crippen LogP contribution in [0, 0.1) is 15.9 Å². The summed E-state index contributed by atoms with van der Waals surface area (Å²) in [5, 5.41) is 16.7. The minimum absolute atomic E-state index is 0.0934. The Labute approximate surface area is 144 Å². The number of carbonyl (C=O) groups is 1. The third-order valence-electron chi connectivity index (χ3n) is 3.48. The molecule has 0 aliphatic carbocycles. The molecule has 2 rings (SSSR count). The number of nitrogens with one attached hydrogen (secondary N) is 2. The van der Waals surface area contributed by atoms with Gasteiger partial charge in [-0.3, -0.25) is 14.9 Å². The smallest absolute Gasteiger partial charge is 0.295 e. The van der Waals surface area contributed by atoms with Crippen molar-refractivity contribution in [2.45, 2.75) is 13.5 Å². The van der Waals surface area contributed by atoms with E-state index in [4.69, 9.17) is 4.74 Å². The Kier molecular flexibility index (Phi) is 5.89. The van der Waals surface area contributed by atoms with Gasteiger partial charge >= 0.3 is 0 Å². The molecule has 0 unspecified atom stereocenters. The van der Waals surface area contributed by atoms with Gasteiger partial charge in [-0.2, -0.15) is 0 Å². The fourth-order valence-electron chi connectivity index (χ4n) is 2.27. The summed E-state index contributed by atoms with van der Waals surface area (Å²) in [6.07, 6.45) is 0. The lowest BCUT2D eigenvalue weighted by atomic mass is 10.1. The van der Waals surface area contributed by atoms with Crippen molar-refractivity contribution in [3.63, 3.8) is 0 Å². The molecule has 0 fully saturated rings. The SMILES string of the molecule is CCNC(=O)c1cccc(CNc2cc(OC)c(F)cc2[N+](=O)[O-])c1. The molecule has 7 nitrogen and oxygen atoms in total. The van der Waals surface area contributed by atoms with E-state index >= 15 is 0 Å². The Bertz CT molecular complexity index is 795. The average Bonchev–Trinajstić information content (AvgIpc) is 2.60. The van der Waals surface area contributed by atoms with Gasteiger partial charge in [-0.05, 0) is 24.6 Å². The largest absolute Gasteiger partial charge is 0.494 e. The van der Waals surface area contributed by atoms with E-state index in [1.165, 1.54) is 13.2 Å². The molecule has 0 saturated heterocycles. The molecule has 0 aliphatic rings. The van der Waals surface area contributed by atoms with Gasteiger partial charge < -0.3 is 15.4 Å². The first-order valence-corrected chi connectivity index (χ1v) is 7.59. The number of rotatable bonds is 7. The number of benzene rings is 2. The highest BCUT2D eigenvalue weighted by Crippen LogP contribution is 2.32. The van der Waals surface area contributed by atoms with E-state index in [0.717, 1.165) is 11.6 Å². The fourth-order valence-corrected chi connectivity index (χ4v) is 2.27. The Morgan fingerprint density at radius 2 is 2.08 bits per heavy atom. The van der Waals surface area contributed by atoms with Crippen LogP contribution in [-0.4, -0.2) is 24.5 Å². The molecule has 0 atom stereocenters. The molecule has 2 aromatic carbocycles. The standard InChI is InChI=1S/C17H18FN3O4/c1-3-19-17(22)12-6-4-5-11(7-12)10-20-14-9-16(25-2)13(18)8-15(14)21(23)24/h4-9,20H,3,10H2,1-2H3,(H,19,22). The molecule has 0 bridgehead atoms. The number of nitro benzene ring substituents is 1. The molecule has 0 spiro atoms. The molecule has 0 radical (unpaired) electrons. The summed E-state index contributed by atoms with van der Waals surface area (Å²) in [6, 6.07) is 8.92. The first-order valence-electron chi connectivity index (χ1n) is 7.59. The maximum Gasteiger partial charge on any atom is 0.295 e. The van der Waals surface area contributed by atoms with Crippen LogP contribution in [-0.2, 0) is 6.54 Å². The maximum atomic E-state index is 13.7. The van der Waals surface area contributed by atoms with Crippen LogP contribution in [0.2, 0.25) is 0 Å². The fraction of sp³-hybridized carbons (Fsp3) is 0.235. The van der Waals surface area contributed by atoms with Crippen LogP contribution < -0.4 is 15.4 Å². The Hall–Kier alpha value is -3.16. The third kappa shape index (κ3) is 4.43. The molecule has 0 heterocycles. The van der Waals surface area contributed by atoms with Crippen molar-refractivity contribution in [1.29, 1.82) is 0 Å². The highest BCUT2D eigenvalue weighted by molar-refractivity contribution is 5.94. The van der Waals surface area contributed by atoms with Crippen molar-refractivity contribution >= 4 is 17.3 Å². The monoisotopic (exact) mass is 347 g/mol. The predicted octanol–water partition coefficient (Wildman–Crippen LogP) is 3.10.